The molecule has 0 atom stereocenters. The Hall–Kier alpha value is -0.610. The van der Waals surface area contributed by atoms with Gasteiger partial charge in [-0.2, -0.15) is 0 Å². The van der Waals surface area contributed by atoms with Crippen molar-refractivity contribution in [2.24, 2.45) is 10.7 Å². The number of halogens is 1. The van der Waals surface area contributed by atoms with Gasteiger partial charge < -0.3 is 15.7 Å². The third-order valence-corrected chi connectivity index (χ3v) is 2.21. The van der Waals surface area contributed by atoms with Crippen LogP contribution in [0.5, 0.6) is 0 Å². The first-order valence-electron chi connectivity index (χ1n) is 4.89. The number of hydrogen-bond donors (Lipinski definition) is 2. The zero-order valence-corrected chi connectivity index (χ0v) is 14.4. The van der Waals surface area contributed by atoms with Gasteiger partial charge in [-0.3, -0.25) is 0 Å². The Labute approximate surface area is 129 Å². The predicted octanol–water partition coefficient (Wildman–Crippen LogP) is 1.39. The third-order valence-electron chi connectivity index (χ3n) is 1.70. The maximum absolute atomic E-state index is 7.00. The van der Waals surface area contributed by atoms with Gasteiger partial charge in [0.1, 0.15) is 11.6 Å². The van der Waals surface area contributed by atoms with Gasteiger partial charge in [0.15, 0.2) is 11.0 Å². The molecule has 0 aliphatic rings. The zero-order chi connectivity index (χ0) is 13.4. The van der Waals surface area contributed by atoms with Gasteiger partial charge in [-0.05, 0) is 13.2 Å². The molecule has 0 spiro atoms. The Kier molecular flexibility index (Phi) is 11.3. The van der Waals surface area contributed by atoms with E-state index in [0.717, 1.165) is 12.9 Å². The van der Waals surface area contributed by atoms with Crippen LogP contribution in [0.25, 0.3) is 0 Å². The minimum atomic E-state index is 0. The number of hydrogen-bond acceptors (Lipinski definition) is 6. The number of aliphatic imine (C=N–C) groups is 1. The quantitative estimate of drug-likeness (QED) is 0.455. The Morgan fingerprint density at radius 2 is 1.94 bits per heavy atom. The number of rotatable bonds is 2. The second kappa shape index (κ2) is 10.3. The van der Waals surface area contributed by atoms with Crippen molar-refractivity contribution < 1.29 is 5.11 Å². The lowest BCUT2D eigenvalue weighted by molar-refractivity contribution is 0.399. The van der Waals surface area contributed by atoms with E-state index in [0.29, 0.717) is 16.8 Å². The number of anilines is 1. The molecule has 6 nitrogen and oxygen atoms in total. The largest absolute Gasteiger partial charge is 0.400 e. The molecule has 18 heavy (non-hydrogen) atoms. The van der Waals surface area contributed by atoms with Crippen molar-refractivity contribution in [3.8, 4) is 0 Å². The van der Waals surface area contributed by atoms with Crippen molar-refractivity contribution in [3.63, 3.8) is 0 Å². The van der Waals surface area contributed by atoms with Crippen LogP contribution in [0.1, 0.15) is 5.82 Å². The smallest absolute Gasteiger partial charge is 0.160 e. The lowest BCUT2D eigenvalue weighted by Crippen LogP contribution is -2.12. The first-order valence-corrected chi connectivity index (χ1v) is 6.11. The van der Waals surface area contributed by atoms with Gasteiger partial charge in [-0.1, -0.05) is 11.8 Å². The van der Waals surface area contributed by atoms with Crippen LogP contribution < -0.4 is 10.6 Å². The molecule has 104 valence electrons. The average molecular weight is 385 g/mol. The molecule has 1 aromatic heterocycles. The molecular formula is C10H20IN5OS. The number of thioether (sulfide) groups is 1. The van der Waals surface area contributed by atoms with E-state index >= 15 is 0 Å². The van der Waals surface area contributed by atoms with Crippen LogP contribution in [0.15, 0.2) is 11.1 Å². The lowest BCUT2D eigenvalue weighted by atomic mass is 10.5. The molecule has 3 N–H and O–H groups in total. The van der Waals surface area contributed by atoms with E-state index in [-0.39, 0.29) is 24.0 Å². The molecule has 1 heterocycles. The van der Waals surface area contributed by atoms with Crippen molar-refractivity contribution in [3.05, 3.63) is 11.9 Å². The van der Waals surface area contributed by atoms with Crippen LogP contribution in [0.4, 0.5) is 11.6 Å². The Morgan fingerprint density at radius 1 is 1.39 bits per heavy atom. The lowest BCUT2D eigenvalue weighted by Gasteiger charge is -2.11. The van der Waals surface area contributed by atoms with Crippen molar-refractivity contribution in [1.29, 1.82) is 0 Å². The van der Waals surface area contributed by atoms with Crippen LogP contribution >= 0.6 is 35.7 Å². The number of aryl methyl sites for hydroxylation is 1. The molecular weight excluding hydrogens is 365 g/mol. The van der Waals surface area contributed by atoms with E-state index in [2.05, 4.69) is 15.0 Å². The first-order chi connectivity index (χ1) is 8.02. The van der Waals surface area contributed by atoms with Gasteiger partial charge in [0.05, 0.1) is 0 Å². The van der Waals surface area contributed by atoms with Crippen molar-refractivity contribution in [2.75, 3.05) is 32.4 Å². The summed E-state index contributed by atoms with van der Waals surface area (Å²) in [7, 11) is 4.85. The molecule has 0 aliphatic carbocycles. The van der Waals surface area contributed by atoms with E-state index in [1.54, 1.807) is 6.07 Å². The number of nitrogens with two attached hydrogens (primary N) is 1. The van der Waals surface area contributed by atoms with Crippen LogP contribution in [0, 0.1) is 6.92 Å². The molecule has 0 fully saturated rings. The Morgan fingerprint density at radius 3 is 2.39 bits per heavy atom. The summed E-state index contributed by atoms with van der Waals surface area (Å²) in [5.41, 5.74) is 5.62. The molecule has 0 aliphatic heterocycles. The highest BCUT2D eigenvalue weighted by Gasteiger charge is 2.02. The molecule has 0 unspecified atom stereocenters. The van der Waals surface area contributed by atoms with Crippen LogP contribution in [-0.2, 0) is 0 Å². The average Bonchev–Trinajstić information content (AvgIpc) is 2.30. The SMILES string of the molecule is CO.CSC(N)=Nc1cc(N(C)C)nc(C)n1.I. The first kappa shape index (κ1) is 19.7. The monoisotopic (exact) mass is 385 g/mol. The maximum Gasteiger partial charge on any atom is 0.160 e. The zero-order valence-electron chi connectivity index (χ0n) is 11.2. The second-order valence-corrected chi connectivity index (χ2v) is 4.01. The highest BCUT2D eigenvalue weighted by molar-refractivity contribution is 14.0. The third kappa shape index (κ3) is 6.97. The number of nitrogens with zero attached hydrogens (tertiary/aromatic N) is 4. The molecule has 0 saturated heterocycles. The van der Waals surface area contributed by atoms with Gasteiger partial charge in [0.25, 0.3) is 0 Å². The van der Waals surface area contributed by atoms with E-state index in [1.165, 1.54) is 11.8 Å². The Bertz CT molecular complexity index is 387. The van der Waals surface area contributed by atoms with Gasteiger partial charge in [0, 0.05) is 27.3 Å². The summed E-state index contributed by atoms with van der Waals surface area (Å²) in [5.74, 6) is 2.11. The van der Waals surface area contributed by atoms with E-state index in [4.69, 9.17) is 10.8 Å². The molecule has 0 aromatic carbocycles. The molecule has 0 bridgehead atoms. The van der Waals surface area contributed by atoms with Crippen LogP contribution in [0.2, 0.25) is 0 Å². The van der Waals surface area contributed by atoms with E-state index < -0.39 is 0 Å². The minimum Gasteiger partial charge on any atom is -0.400 e. The predicted molar refractivity (Wildman–Crippen MR) is 89.5 cm³/mol. The highest BCUT2D eigenvalue weighted by Crippen LogP contribution is 2.16. The summed E-state index contributed by atoms with van der Waals surface area (Å²) in [4.78, 5) is 14.5. The fourth-order valence-electron chi connectivity index (χ4n) is 0.981. The fraction of sp³-hybridized carbons (Fsp3) is 0.500. The summed E-state index contributed by atoms with van der Waals surface area (Å²) in [6, 6.07) is 1.80. The van der Waals surface area contributed by atoms with Crippen molar-refractivity contribution in [1.82, 2.24) is 9.97 Å². The minimum absolute atomic E-state index is 0. The highest BCUT2D eigenvalue weighted by atomic mass is 127. The van der Waals surface area contributed by atoms with Gasteiger partial charge in [-0.25, -0.2) is 15.0 Å². The summed E-state index contributed by atoms with van der Waals surface area (Å²) in [6.45, 7) is 1.83. The molecule has 1 rings (SSSR count). The molecule has 0 saturated carbocycles. The number of amidine groups is 1. The Balaban J connectivity index is 0. The van der Waals surface area contributed by atoms with Gasteiger partial charge >= 0.3 is 0 Å². The fourth-order valence-corrected chi connectivity index (χ4v) is 1.17. The van der Waals surface area contributed by atoms with Crippen LogP contribution in [0.3, 0.4) is 0 Å². The van der Waals surface area contributed by atoms with Gasteiger partial charge in [0.2, 0.25) is 0 Å². The maximum atomic E-state index is 7.00. The molecule has 0 radical (unpaired) electrons. The molecule has 8 heteroatoms. The van der Waals surface area contributed by atoms with Crippen molar-refractivity contribution >= 4 is 52.5 Å². The second-order valence-electron chi connectivity index (χ2n) is 3.18. The van der Waals surface area contributed by atoms with E-state index in [9.17, 15) is 0 Å². The summed E-state index contributed by atoms with van der Waals surface area (Å²) >= 11 is 1.39. The summed E-state index contributed by atoms with van der Waals surface area (Å²) in [6.07, 6.45) is 1.87. The van der Waals surface area contributed by atoms with Crippen LogP contribution in [-0.4, -0.2) is 47.7 Å². The number of aliphatic hydroxyl groups excluding tert-OH is 1. The van der Waals surface area contributed by atoms with E-state index in [1.807, 2.05) is 32.2 Å². The molecule has 1 aromatic rings. The normalized spacial score (nSPS) is 10.0. The topological polar surface area (TPSA) is 87.6 Å². The van der Waals surface area contributed by atoms with Crippen molar-refractivity contribution in [2.45, 2.75) is 6.92 Å². The summed E-state index contributed by atoms with van der Waals surface area (Å²) in [5, 5.41) is 7.50. The number of aliphatic hydroxyl groups is 1. The summed E-state index contributed by atoms with van der Waals surface area (Å²) < 4.78 is 0. The van der Waals surface area contributed by atoms with Gasteiger partial charge in [-0.15, -0.1) is 24.0 Å². The molecule has 0 amide bonds. The standard InChI is InChI=1S/C9H15N5S.CH4O.HI/c1-6-11-7(13-9(10)15-4)5-8(12-6)14(2)3;1-2;/h5H,1-4H3,(H2,10,11,12,13);2H,1H3;1H. The number of aromatic nitrogens is 2.